The molecule has 0 aliphatic carbocycles. The zero-order valence-electron chi connectivity index (χ0n) is 15.2. The summed E-state index contributed by atoms with van der Waals surface area (Å²) < 4.78 is 13.7. The zero-order valence-corrected chi connectivity index (χ0v) is 16.0. The van der Waals surface area contributed by atoms with Crippen LogP contribution in [0.3, 0.4) is 0 Å². The molecule has 2 aromatic rings. The number of fused-ring (bicyclic) bond motifs is 1. The smallest absolute Gasteiger partial charge is 0.232 e. The predicted octanol–water partition coefficient (Wildman–Crippen LogP) is 3.88. The lowest BCUT2D eigenvalue weighted by atomic mass is 9.99. The normalized spacial score (nSPS) is 19.3. The summed E-state index contributed by atoms with van der Waals surface area (Å²) in [5.41, 5.74) is 2.46. The number of nitrogens with zero attached hydrogens (tertiary/aromatic N) is 2. The van der Waals surface area contributed by atoms with Crippen molar-refractivity contribution in [1.29, 1.82) is 0 Å². The molecule has 2 heterocycles. The monoisotopic (exact) mass is 384 g/mol. The number of hydrogen-bond acceptors (Lipinski definition) is 3. The lowest BCUT2D eigenvalue weighted by molar-refractivity contribution is -0.124. The van der Waals surface area contributed by atoms with Crippen LogP contribution in [0.5, 0.6) is 0 Å². The van der Waals surface area contributed by atoms with Gasteiger partial charge in [0.15, 0.2) is 0 Å². The summed E-state index contributed by atoms with van der Waals surface area (Å²) in [5.74, 6) is -0.863. The van der Waals surface area contributed by atoms with Crippen molar-refractivity contribution >= 4 is 35.0 Å². The standard InChI is InChI=1S/C21H21FN2O2S/c1-27-18-8-6-17(7-9-18)24-13-15(11-20(24)25)21(26)23-10-2-3-14-4-5-16(22)12-19(14)23/h4-9,12,15H,2-3,10-11,13H2,1H3. The second kappa shape index (κ2) is 7.35. The van der Waals surface area contributed by atoms with E-state index in [0.717, 1.165) is 29.0 Å². The van der Waals surface area contributed by atoms with Gasteiger partial charge in [-0.1, -0.05) is 6.07 Å². The molecule has 0 aromatic heterocycles. The van der Waals surface area contributed by atoms with Gasteiger partial charge < -0.3 is 9.80 Å². The summed E-state index contributed by atoms with van der Waals surface area (Å²) in [5, 5.41) is 0. The van der Waals surface area contributed by atoms with Crippen molar-refractivity contribution < 1.29 is 14.0 Å². The highest BCUT2D eigenvalue weighted by Crippen LogP contribution is 2.33. The van der Waals surface area contributed by atoms with Crippen LogP contribution in [0.2, 0.25) is 0 Å². The van der Waals surface area contributed by atoms with Gasteiger partial charge in [0.25, 0.3) is 0 Å². The fraction of sp³-hybridized carbons (Fsp3) is 0.333. The van der Waals surface area contributed by atoms with Gasteiger partial charge in [0.1, 0.15) is 5.82 Å². The molecule has 4 rings (SSSR count). The third-order valence-electron chi connectivity index (χ3n) is 5.29. The molecule has 0 bridgehead atoms. The van der Waals surface area contributed by atoms with Crippen LogP contribution in [0.1, 0.15) is 18.4 Å². The van der Waals surface area contributed by atoms with Gasteiger partial charge in [0.05, 0.1) is 5.92 Å². The number of amides is 2. The van der Waals surface area contributed by atoms with Gasteiger partial charge in [-0.05, 0) is 61.1 Å². The number of hydrogen-bond donors (Lipinski definition) is 0. The quantitative estimate of drug-likeness (QED) is 0.754. The van der Waals surface area contributed by atoms with E-state index in [1.807, 2.05) is 30.5 Å². The van der Waals surface area contributed by atoms with Gasteiger partial charge in [0, 0.05) is 35.8 Å². The predicted molar refractivity (Wildman–Crippen MR) is 106 cm³/mol. The minimum absolute atomic E-state index is 0.0401. The number of carbonyl (C=O) groups is 2. The number of benzene rings is 2. The maximum absolute atomic E-state index is 13.7. The SMILES string of the molecule is CSc1ccc(N2CC(C(=O)N3CCCc4ccc(F)cc43)CC2=O)cc1. The van der Waals surface area contributed by atoms with E-state index in [4.69, 9.17) is 0 Å². The van der Waals surface area contributed by atoms with Crippen molar-refractivity contribution in [3.05, 3.63) is 53.8 Å². The molecule has 0 spiro atoms. The van der Waals surface area contributed by atoms with E-state index in [1.165, 1.54) is 12.1 Å². The van der Waals surface area contributed by atoms with Crippen molar-refractivity contribution in [3.63, 3.8) is 0 Å². The third-order valence-corrected chi connectivity index (χ3v) is 6.03. The summed E-state index contributed by atoms with van der Waals surface area (Å²) >= 11 is 1.64. The van der Waals surface area contributed by atoms with Gasteiger partial charge in [-0.15, -0.1) is 11.8 Å². The van der Waals surface area contributed by atoms with E-state index >= 15 is 0 Å². The van der Waals surface area contributed by atoms with E-state index in [0.29, 0.717) is 18.8 Å². The molecule has 2 aliphatic heterocycles. The fourth-order valence-electron chi connectivity index (χ4n) is 3.88. The van der Waals surface area contributed by atoms with Crippen molar-refractivity contribution in [2.24, 2.45) is 5.92 Å². The average molecular weight is 384 g/mol. The largest absolute Gasteiger partial charge is 0.312 e. The van der Waals surface area contributed by atoms with Crippen molar-refractivity contribution in [2.45, 2.75) is 24.2 Å². The number of thioether (sulfide) groups is 1. The van der Waals surface area contributed by atoms with Crippen LogP contribution < -0.4 is 9.80 Å². The molecule has 0 saturated carbocycles. The summed E-state index contributed by atoms with van der Waals surface area (Å²) in [6, 6.07) is 12.4. The van der Waals surface area contributed by atoms with Crippen LogP contribution in [0.25, 0.3) is 0 Å². The van der Waals surface area contributed by atoms with Crippen LogP contribution >= 0.6 is 11.8 Å². The molecular formula is C21H21FN2O2S. The molecule has 1 unspecified atom stereocenters. The molecule has 27 heavy (non-hydrogen) atoms. The van der Waals surface area contributed by atoms with Gasteiger partial charge >= 0.3 is 0 Å². The second-order valence-corrected chi connectivity index (χ2v) is 7.85. The van der Waals surface area contributed by atoms with Gasteiger partial charge in [-0.3, -0.25) is 9.59 Å². The Morgan fingerprint density at radius 1 is 1.19 bits per heavy atom. The molecule has 140 valence electrons. The number of anilines is 2. The van der Waals surface area contributed by atoms with E-state index < -0.39 is 5.92 Å². The van der Waals surface area contributed by atoms with Crippen LogP contribution in [0, 0.1) is 11.7 Å². The van der Waals surface area contributed by atoms with E-state index in [1.54, 1.807) is 27.6 Å². The Kier molecular flexibility index (Phi) is 4.91. The fourth-order valence-corrected chi connectivity index (χ4v) is 4.29. The molecule has 1 fully saturated rings. The number of halogens is 1. The highest BCUT2D eigenvalue weighted by molar-refractivity contribution is 7.98. The first kappa shape index (κ1) is 18.0. The minimum Gasteiger partial charge on any atom is -0.312 e. The summed E-state index contributed by atoms with van der Waals surface area (Å²) in [7, 11) is 0. The molecule has 2 aromatic carbocycles. The van der Waals surface area contributed by atoms with Crippen molar-refractivity contribution in [1.82, 2.24) is 0 Å². The summed E-state index contributed by atoms with van der Waals surface area (Å²) in [6.07, 6.45) is 3.90. The molecule has 0 radical (unpaired) electrons. The Morgan fingerprint density at radius 2 is 1.96 bits per heavy atom. The Labute approximate surface area is 162 Å². The zero-order chi connectivity index (χ0) is 19.0. The van der Waals surface area contributed by atoms with Gasteiger partial charge in [-0.25, -0.2) is 4.39 Å². The first-order chi connectivity index (χ1) is 13.1. The van der Waals surface area contributed by atoms with E-state index in [2.05, 4.69) is 0 Å². The number of aryl methyl sites for hydroxylation is 1. The lowest BCUT2D eigenvalue weighted by Gasteiger charge is -2.31. The topological polar surface area (TPSA) is 40.6 Å². The second-order valence-electron chi connectivity index (χ2n) is 6.97. The lowest BCUT2D eigenvalue weighted by Crippen LogP contribution is -2.40. The van der Waals surface area contributed by atoms with Crippen molar-refractivity contribution in [3.8, 4) is 0 Å². The number of rotatable bonds is 3. The third kappa shape index (κ3) is 3.46. The maximum atomic E-state index is 13.7. The maximum Gasteiger partial charge on any atom is 0.232 e. The van der Waals surface area contributed by atoms with E-state index in [-0.39, 0.29) is 24.1 Å². The average Bonchev–Trinajstić information content (AvgIpc) is 3.08. The highest BCUT2D eigenvalue weighted by atomic mass is 32.2. The summed E-state index contributed by atoms with van der Waals surface area (Å²) in [4.78, 5) is 30.1. The molecule has 1 saturated heterocycles. The Hall–Kier alpha value is -2.34. The Balaban J connectivity index is 1.54. The Morgan fingerprint density at radius 3 is 2.70 bits per heavy atom. The molecular weight excluding hydrogens is 363 g/mol. The highest BCUT2D eigenvalue weighted by Gasteiger charge is 2.38. The van der Waals surface area contributed by atoms with Crippen LogP contribution in [0.4, 0.5) is 15.8 Å². The molecule has 4 nitrogen and oxygen atoms in total. The molecule has 6 heteroatoms. The molecule has 2 amide bonds. The van der Waals surface area contributed by atoms with Crippen molar-refractivity contribution in [2.75, 3.05) is 29.1 Å². The van der Waals surface area contributed by atoms with Crippen LogP contribution in [-0.4, -0.2) is 31.2 Å². The van der Waals surface area contributed by atoms with Crippen LogP contribution in [-0.2, 0) is 16.0 Å². The summed E-state index contributed by atoms with van der Waals surface area (Å²) in [6.45, 7) is 0.944. The number of carbonyl (C=O) groups excluding carboxylic acids is 2. The first-order valence-corrected chi connectivity index (χ1v) is 10.3. The molecule has 0 N–H and O–H groups in total. The van der Waals surface area contributed by atoms with Gasteiger partial charge in [0.2, 0.25) is 11.8 Å². The minimum atomic E-state index is -0.396. The molecule has 2 aliphatic rings. The van der Waals surface area contributed by atoms with Gasteiger partial charge in [-0.2, -0.15) is 0 Å². The first-order valence-electron chi connectivity index (χ1n) is 9.11. The van der Waals surface area contributed by atoms with Crippen LogP contribution in [0.15, 0.2) is 47.4 Å². The molecule has 1 atom stereocenters. The van der Waals surface area contributed by atoms with E-state index in [9.17, 15) is 14.0 Å². The Bertz CT molecular complexity index is 884.